The van der Waals surface area contributed by atoms with Crippen molar-refractivity contribution in [2.75, 3.05) is 14.2 Å². The van der Waals surface area contributed by atoms with Crippen molar-refractivity contribution in [2.45, 2.75) is 25.2 Å². The van der Waals surface area contributed by atoms with Crippen LogP contribution < -0.4 is 19.8 Å². The zero-order valence-electron chi connectivity index (χ0n) is 16.7. The molecule has 3 aromatic rings. The fourth-order valence-corrected chi connectivity index (χ4v) is 4.39. The predicted octanol–water partition coefficient (Wildman–Crippen LogP) is 4.34. The molecule has 0 saturated carbocycles. The largest absolute Gasteiger partial charge is 0.493 e. The summed E-state index contributed by atoms with van der Waals surface area (Å²) in [7, 11) is 3.12. The zero-order valence-corrected chi connectivity index (χ0v) is 16.7. The first kappa shape index (κ1) is 18.5. The van der Waals surface area contributed by atoms with Crippen molar-refractivity contribution in [2.24, 2.45) is 0 Å². The molecular formula is C24H20O6. The number of ketones is 1. The van der Waals surface area contributed by atoms with Crippen LogP contribution in [0, 0.1) is 0 Å². The fraction of sp³-hybridized carbons (Fsp3) is 0.250. The minimum absolute atomic E-state index is 0.00533. The Balaban J connectivity index is 1.83. The average molecular weight is 404 g/mol. The molecular weight excluding hydrogens is 384 g/mol. The number of Topliss-reactive ketones (excluding diaryl/α,β-unsaturated/α-hetero) is 1. The molecule has 0 fully saturated rings. The van der Waals surface area contributed by atoms with Gasteiger partial charge in [0, 0.05) is 18.4 Å². The van der Waals surface area contributed by atoms with Gasteiger partial charge in [-0.25, -0.2) is 4.79 Å². The molecule has 1 aliphatic heterocycles. The molecule has 5 rings (SSSR count). The van der Waals surface area contributed by atoms with Crippen molar-refractivity contribution in [3.63, 3.8) is 0 Å². The van der Waals surface area contributed by atoms with E-state index in [1.165, 1.54) is 0 Å². The van der Waals surface area contributed by atoms with Gasteiger partial charge in [-0.2, -0.15) is 0 Å². The topological polar surface area (TPSA) is 75.0 Å². The van der Waals surface area contributed by atoms with Crippen molar-refractivity contribution in [3.8, 4) is 17.2 Å². The Morgan fingerprint density at radius 3 is 2.57 bits per heavy atom. The van der Waals surface area contributed by atoms with Gasteiger partial charge in [0.1, 0.15) is 17.1 Å². The second-order valence-electron chi connectivity index (χ2n) is 7.39. The Bertz CT molecular complexity index is 1270. The van der Waals surface area contributed by atoms with E-state index < -0.39 is 11.5 Å². The summed E-state index contributed by atoms with van der Waals surface area (Å²) in [5.74, 6) is 1.61. The Morgan fingerprint density at radius 1 is 0.967 bits per heavy atom. The van der Waals surface area contributed by atoms with Crippen LogP contribution in [0.25, 0.3) is 11.0 Å². The number of ether oxygens (including phenoxy) is 3. The lowest BCUT2D eigenvalue weighted by Crippen LogP contribution is -2.29. The van der Waals surface area contributed by atoms with Gasteiger partial charge in [0.25, 0.3) is 0 Å². The number of rotatable bonds is 3. The lowest BCUT2D eigenvalue weighted by atomic mass is 9.77. The summed E-state index contributed by atoms with van der Waals surface area (Å²) in [6, 6.07) is 12.7. The number of benzene rings is 2. The Kier molecular flexibility index (Phi) is 4.35. The van der Waals surface area contributed by atoms with E-state index in [2.05, 4.69) is 0 Å². The van der Waals surface area contributed by atoms with Gasteiger partial charge < -0.3 is 18.6 Å². The minimum Gasteiger partial charge on any atom is -0.493 e. The van der Waals surface area contributed by atoms with E-state index in [0.29, 0.717) is 58.0 Å². The van der Waals surface area contributed by atoms with E-state index in [9.17, 15) is 9.59 Å². The van der Waals surface area contributed by atoms with E-state index in [1.807, 2.05) is 18.2 Å². The maximum atomic E-state index is 13.1. The molecule has 0 bridgehead atoms. The van der Waals surface area contributed by atoms with Crippen molar-refractivity contribution in [1.29, 1.82) is 0 Å². The van der Waals surface area contributed by atoms with Crippen LogP contribution in [0.4, 0.5) is 0 Å². The molecule has 0 spiro atoms. The van der Waals surface area contributed by atoms with Gasteiger partial charge in [-0.15, -0.1) is 0 Å². The van der Waals surface area contributed by atoms with Crippen molar-refractivity contribution in [1.82, 2.24) is 0 Å². The second kappa shape index (κ2) is 7.06. The van der Waals surface area contributed by atoms with Gasteiger partial charge >= 0.3 is 5.63 Å². The summed E-state index contributed by atoms with van der Waals surface area (Å²) in [6.07, 6.45) is 1.81. The van der Waals surface area contributed by atoms with Gasteiger partial charge in [0.2, 0.25) is 0 Å². The first-order chi connectivity index (χ1) is 14.6. The molecule has 152 valence electrons. The van der Waals surface area contributed by atoms with Crippen LogP contribution in [-0.2, 0) is 4.79 Å². The number of fused-ring (bicyclic) bond motifs is 3. The summed E-state index contributed by atoms with van der Waals surface area (Å²) in [4.78, 5) is 26.0. The number of hydrogen-bond donors (Lipinski definition) is 0. The number of carbonyl (C=O) groups excluding carboxylic acids is 1. The molecule has 1 aromatic heterocycles. The lowest BCUT2D eigenvalue weighted by molar-refractivity contribution is -0.116. The maximum absolute atomic E-state index is 13.1. The fourth-order valence-electron chi connectivity index (χ4n) is 4.39. The number of para-hydroxylation sites is 1. The molecule has 0 amide bonds. The first-order valence-electron chi connectivity index (χ1n) is 9.84. The van der Waals surface area contributed by atoms with Crippen molar-refractivity contribution in [3.05, 3.63) is 75.3 Å². The van der Waals surface area contributed by atoms with Crippen LogP contribution in [0.15, 0.2) is 63.0 Å². The molecule has 6 heteroatoms. The number of allylic oxidation sites excluding steroid dienone is 2. The molecule has 1 atom stereocenters. The Morgan fingerprint density at radius 2 is 1.77 bits per heavy atom. The summed E-state index contributed by atoms with van der Waals surface area (Å²) in [6.45, 7) is 0. The van der Waals surface area contributed by atoms with Crippen LogP contribution >= 0.6 is 0 Å². The summed E-state index contributed by atoms with van der Waals surface area (Å²) in [5, 5.41) is 0.710. The third-order valence-corrected chi connectivity index (χ3v) is 5.75. The van der Waals surface area contributed by atoms with Crippen LogP contribution in [0.3, 0.4) is 0 Å². The third kappa shape index (κ3) is 2.71. The molecule has 2 heterocycles. The van der Waals surface area contributed by atoms with Crippen LogP contribution in [-0.4, -0.2) is 20.0 Å². The lowest BCUT2D eigenvalue weighted by Gasteiger charge is -2.32. The number of methoxy groups -OCH3 is 2. The summed E-state index contributed by atoms with van der Waals surface area (Å²) >= 11 is 0. The highest BCUT2D eigenvalue weighted by molar-refractivity contribution is 6.00. The van der Waals surface area contributed by atoms with E-state index in [0.717, 1.165) is 12.0 Å². The van der Waals surface area contributed by atoms with Crippen LogP contribution in [0.1, 0.15) is 36.3 Å². The Hall–Kier alpha value is -3.54. The van der Waals surface area contributed by atoms with Crippen LogP contribution in [0.2, 0.25) is 0 Å². The molecule has 0 radical (unpaired) electrons. The smallest absolute Gasteiger partial charge is 0.344 e. The summed E-state index contributed by atoms with van der Waals surface area (Å²) < 4.78 is 22.6. The van der Waals surface area contributed by atoms with Crippen molar-refractivity contribution >= 4 is 16.8 Å². The second-order valence-corrected chi connectivity index (χ2v) is 7.39. The molecule has 30 heavy (non-hydrogen) atoms. The van der Waals surface area contributed by atoms with E-state index >= 15 is 0 Å². The highest BCUT2D eigenvalue weighted by Crippen LogP contribution is 2.48. The van der Waals surface area contributed by atoms with Gasteiger partial charge in [0.05, 0.1) is 31.1 Å². The van der Waals surface area contributed by atoms with E-state index in [1.54, 1.807) is 38.5 Å². The van der Waals surface area contributed by atoms with Crippen LogP contribution in [0.5, 0.6) is 17.2 Å². The monoisotopic (exact) mass is 404 g/mol. The molecule has 1 aliphatic carbocycles. The minimum atomic E-state index is -0.586. The quantitative estimate of drug-likeness (QED) is 0.605. The molecule has 0 N–H and O–H groups in total. The van der Waals surface area contributed by atoms with Gasteiger partial charge in [-0.1, -0.05) is 18.2 Å². The number of hydrogen-bond acceptors (Lipinski definition) is 6. The van der Waals surface area contributed by atoms with Gasteiger partial charge in [0.15, 0.2) is 17.3 Å². The third-order valence-electron chi connectivity index (χ3n) is 5.75. The first-order valence-corrected chi connectivity index (χ1v) is 9.84. The zero-order chi connectivity index (χ0) is 20.8. The molecule has 2 aromatic carbocycles. The maximum Gasteiger partial charge on any atom is 0.344 e. The van der Waals surface area contributed by atoms with Gasteiger partial charge in [-0.05, 0) is 36.2 Å². The summed E-state index contributed by atoms with van der Waals surface area (Å²) in [5.41, 5.74) is 1.58. The van der Waals surface area contributed by atoms with Gasteiger partial charge in [-0.3, -0.25) is 4.79 Å². The molecule has 2 aliphatic rings. The SMILES string of the molecule is COc1ccc(C2C3=C(CCCC3=O)Oc3c2c(=O)oc2ccccc32)cc1OC. The molecule has 1 unspecified atom stereocenters. The average Bonchev–Trinajstić information content (AvgIpc) is 2.77. The van der Waals surface area contributed by atoms with E-state index in [4.69, 9.17) is 18.6 Å². The molecule has 0 saturated heterocycles. The standard InChI is InChI=1S/C24H20O6/c1-27-17-11-10-13(12-19(17)28-2)20-21-15(25)7-5-9-18(21)29-23-14-6-3-4-8-16(14)30-24(26)22(20)23/h3-4,6,8,10-12,20H,5,7,9H2,1-2H3. The molecule has 6 nitrogen and oxygen atoms in total. The highest BCUT2D eigenvalue weighted by Gasteiger charge is 2.40. The predicted molar refractivity (Wildman–Crippen MR) is 110 cm³/mol. The van der Waals surface area contributed by atoms with Crippen molar-refractivity contribution < 1.29 is 23.4 Å². The number of carbonyl (C=O) groups is 1. The highest BCUT2D eigenvalue weighted by atomic mass is 16.5. The normalized spacial score (nSPS) is 17.9. The Labute approximate surface area is 172 Å². The van der Waals surface area contributed by atoms with E-state index in [-0.39, 0.29) is 5.78 Å².